The molecule has 0 fully saturated rings. The number of benzene rings is 2. The van der Waals surface area contributed by atoms with Gasteiger partial charge in [-0.25, -0.2) is 23.2 Å². The summed E-state index contributed by atoms with van der Waals surface area (Å²) in [5, 5.41) is 11.6. The van der Waals surface area contributed by atoms with E-state index in [1.54, 1.807) is 12.1 Å². The van der Waals surface area contributed by atoms with Gasteiger partial charge in [0.15, 0.2) is 11.2 Å². The third-order valence-electron chi connectivity index (χ3n) is 5.57. The summed E-state index contributed by atoms with van der Waals surface area (Å²) in [4.78, 5) is 50.0. The smallest absolute Gasteiger partial charge is 0.335 e. The maximum atomic E-state index is 13.5. The molecule has 4 rings (SSSR count). The number of aromatic nitrogens is 4. The maximum absolute atomic E-state index is 13.5. The van der Waals surface area contributed by atoms with Crippen LogP contribution in [0.5, 0.6) is 0 Å². The number of carbonyl (C=O) groups is 2. The minimum absolute atomic E-state index is 0.00926. The van der Waals surface area contributed by atoms with Crippen LogP contribution in [0, 0.1) is 6.92 Å². The van der Waals surface area contributed by atoms with Gasteiger partial charge in [-0.1, -0.05) is 17.7 Å². The first-order chi connectivity index (χ1) is 18.0. The van der Waals surface area contributed by atoms with Crippen molar-refractivity contribution in [3.05, 3.63) is 81.9 Å². The number of H-pyrrole nitrogens is 1. The summed E-state index contributed by atoms with van der Waals surface area (Å²) in [5.74, 6) is -1.56. The number of hydrogen-bond acceptors (Lipinski definition) is 8. The van der Waals surface area contributed by atoms with Crippen molar-refractivity contribution in [2.45, 2.75) is 31.6 Å². The van der Waals surface area contributed by atoms with E-state index in [9.17, 15) is 27.9 Å². The van der Waals surface area contributed by atoms with E-state index in [4.69, 9.17) is 0 Å². The summed E-state index contributed by atoms with van der Waals surface area (Å²) in [7, 11) is -3.96. The van der Waals surface area contributed by atoms with Crippen LogP contribution < -0.4 is 15.2 Å². The van der Waals surface area contributed by atoms with Gasteiger partial charge in [0.25, 0.3) is 15.6 Å². The molecule has 0 unspecified atom stereocenters. The molecule has 1 amide bonds. The highest BCUT2D eigenvalue weighted by atomic mass is 32.2. The molecule has 4 aromatic rings. The van der Waals surface area contributed by atoms with Crippen LogP contribution >= 0.6 is 0 Å². The molecule has 0 atom stereocenters. The topological polar surface area (TPSA) is 175 Å². The quantitative estimate of drug-likeness (QED) is 0.290. The number of nitrogens with zero attached hydrogens (tertiary/aromatic N) is 4. The van der Waals surface area contributed by atoms with Crippen molar-refractivity contribution in [2.24, 2.45) is 0 Å². The fourth-order valence-corrected chi connectivity index (χ4v) is 5.20. The summed E-state index contributed by atoms with van der Waals surface area (Å²) in [6, 6.07) is 12.0. The van der Waals surface area contributed by atoms with Crippen LogP contribution in [0.25, 0.3) is 11.2 Å². The lowest BCUT2D eigenvalue weighted by atomic mass is 10.2. The zero-order valence-electron chi connectivity index (χ0n) is 20.5. The minimum atomic E-state index is -3.96. The Morgan fingerprint density at radius 2 is 1.74 bits per heavy atom. The van der Waals surface area contributed by atoms with E-state index in [1.807, 2.05) is 6.92 Å². The molecule has 0 saturated carbocycles. The van der Waals surface area contributed by atoms with E-state index in [-0.39, 0.29) is 34.1 Å². The highest BCUT2D eigenvalue weighted by Gasteiger charge is 2.25. The number of nitrogens with one attached hydrogen (secondary N) is 2. The van der Waals surface area contributed by atoms with Crippen molar-refractivity contribution in [1.82, 2.24) is 19.9 Å². The standard InChI is InChI=1S/C25H24N6O6S/c1-15-5-11-20(12-6-15)38(36,37)31(19-9-7-17(8-10-19)24(34)35)13-3-4-18-14-26-22-21(28-18)23(33)30-25(29-22)27-16(2)32/h5-12,14H,3-4,13H2,1-2H3,(H,34,35)(H2,26,27,29,30,32,33). The molecule has 196 valence electrons. The summed E-state index contributed by atoms with van der Waals surface area (Å²) in [5.41, 5.74) is 1.18. The Balaban J connectivity index is 1.59. The summed E-state index contributed by atoms with van der Waals surface area (Å²) in [6.45, 7) is 3.19. The van der Waals surface area contributed by atoms with Gasteiger partial charge < -0.3 is 5.11 Å². The predicted molar refractivity (Wildman–Crippen MR) is 140 cm³/mol. The predicted octanol–water partition coefficient (Wildman–Crippen LogP) is 2.51. The molecule has 2 aromatic carbocycles. The highest BCUT2D eigenvalue weighted by Crippen LogP contribution is 2.25. The largest absolute Gasteiger partial charge is 0.478 e. The summed E-state index contributed by atoms with van der Waals surface area (Å²) in [6.07, 6.45) is 2.05. The van der Waals surface area contributed by atoms with Crippen molar-refractivity contribution >= 4 is 44.7 Å². The fourth-order valence-electron chi connectivity index (χ4n) is 3.70. The molecule has 0 spiro atoms. The van der Waals surface area contributed by atoms with Crippen molar-refractivity contribution < 1.29 is 23.1 Å². The lowest BCUT2D eigenvalue weighted by Crippen LogP contribution is -2.32. The molecule has 2 heterocycles. The van der Waals surface area contributed by atoms with Crippen LogP contribution in [0.15, 0.2) is 64.4 Å². The number of carboxylic acid groups (broad SMARTS) is 1. The maximum Gasteiger partial charge on any atom is 0.335 e. The Hall–Kier alpha value is -4.65. The average Bonchev–Trinajstić information content (AvgIpc) is 2.87. The number of amides is 1. The lowest BCUT2D eigenvalue weighted by Gasteiger charge is -2.25. The molecule has 13 heteroatoms. The molecule has 3 N–H and O–H groups in total. The van der Waals surface area contributed by atoms with Gasteiger partial charge >= 0.3 is 5.97 Å². The van der Waals surface area contributed by atoms with E-state index >= 15 is 0 Å². The number of carbonyl (C=O) groups excluding carboxylic acids is 1. The van der Waals surface area contributed by atoms with Crippen LogP contribution in [0.3, 0.4) is 0 Å². The highest BCUT2D eigenvalue weighted by molar-refractivity contribution is 7.92. The fraction of sp³-hybridized carbons (Fsp3) is 0.200. The van der Waals surface area contributed by atoms with Gasteiger partial charge in [0, 0.05) is 13.5 Å². The number of anilines is 2. The third kappa shape index (κ3) is 5.83. The number of sulfonamides is 1. The van der Waals surface area contributed by atoms with Crippen LogP contribution in [-0.2, 0) is 21.2 Å². The number of rotatable bonds is 9. The second-order valence-corrected chi connectivity index (χ2v) is 10.3. The van der Waals surface area contributed by atoms with Crippen LogP contribution in [0.2, 0.25) is 0 Å². The Morgan fingerprint density at radius 1 is 1.05 bits per heavy atom. The van der Waals surface area contributed by atoms with Gasteiger partial charge in [-0.2, -0.15) is 4.98 Å². The molecular formula is C25H24N6O6S. The molecule has 0 aliphatic rings. The van der Waals surface area contributed by atoms with Gasteiger partial charge in [0.05, 0.1) is 28.0 Å². The first-order valence-electron chi connectivity index (χ1n) is 11.5. The summed E-state index contributed by atoms with van der Waals surface area (Å²) >= 11 is 0. The monoisotopic (exact) mass is 536 g/mol. The van der Waals surface area contributed by atoms with E-state index in [0.717, 1.165) is 5.56 Å². The number of fused-ring (bicyclic) bond motifs is 1. The van der Waals surface area contributed by atoms with E-state index in [0.29, 0.717) is 24.2 Å². The Morgan fingerprint density at radius 3 is 2.37 bits per heavy atom. The second-order valence-electron chi connectivity index (χ2n) is 8.48. The van der Waals surface area contributed by atoms with Crippen molar-refractivity contribution in [1.29, 1.82) is 0 Å². The molecule has 0 radical (unpaired) electrons. The molecular weight excluding hydrogens is 512 g/mol. The number of aromatic carboxylic acids is 1. The molecule has 2 aromatic heterocycles. The van der Waals surface area contributed by atoms with Gasteiger partial charge in [-0.3, -0.25) is 24.2 Å². The first kappa shape index (κ1) is 26.4. The van der Waals surface area contributed by atoms with Crippen molar-refractivity contribution in [2.75, 3.05) is 16.2 Å². The molecule has 0 aliphatic carbocycles. The first-order valence-corrected chi connectivity index (χ1v) is 12.9. The van der Waals surface area contributed by atoms with Gasteiger partial charge in [-0.05, 0) is 56.2 Å². The lowest BCUT2D eigenvalue weighted by molar-refractivity contribution is -0.114. The van der Waals surface area contributed by atoms with Gasteiger partial charge in [0.2, 0.25) is 11.9 Å². The molecule has 0 saturated heterocycles. The number of aryl methyl sites for hydroxylation is 2. The average molecular weight is 537 g/mol. The van der Waals surface area contributed by atoms with Gasteiger partial charge in [0.1, 0.15) is 0 Å². The van der Waals surface area contributed by atoms with E-state index in [2.05, 4.69) is 25.3 Å². The van der Waals surface area contributed by atoms with Crippen molar-refractivity contribution in [3.8, 4) is 0 Å². The molecule has 0 bridgehead atoms. The van der Waals surface area contributed by atoms with E-state index in [1.165, 1.54) is 53.8 Å². The number of aromatic amines is 1. The number of carboxylic acids is 1. The second kappa shape index (κ2) is 10.8. The van der Waals surface area contributed by atoms with Crippen LogP contribution in [0.4, 0.5) is 11.6 Å². The Labute approximate surface area is 217 Å². The van der Waals surface area contributed by atoms with E-state index < -0.39 is 27.5 Å². The molecule has 38 heavy (non-hydrogen) atoms. The number of hydrogen-bond donors (Lipinski definition) is 3. The van der Waals surface area contributed by atoms with Gasteiger partial charge in [-0.15, -0.1) is 0 Å². The third-order valence-corrected chi connectivity index (χ3v) is 7.41. The zero-order chi connectivity index (χ0) is 27.4. The zero-order valence-corrected chi connectivity index (χ0v) is 21.3. The van der Waals surface area contributed by atoms with Crippen molar-refractivity contribution in [3.63, 3.8) is 0 Å². The van der Waals surface area contributed by atoms with Crippen LogP contribution in [0.1, 0.15) is 35.0 Å². The Bertz CT molecular complexity index is 1670. The van der Waals surface area contributed by atoms with Crippen LogP contribution in [-0.4, -0.2) is 51.9 Å². The minimum Gasteiger partial charge on any atom is -0.478 e. The molecule has 0 aliphatic heterocycles. The normalized spacial score (nSPS) is 11.3. The Kier molecular flexibility index (Phi) is 7.48. The summed E-state index contributed by atoms with van der Waals surface area (Å²) < 4.78 is 28.3. The SMILES string of the molecule is CC(=O)Nc1nc2ncc(CCCN(c3ccc(C(=O)O)cc3)S(=O)(=O)c3ccc(C)cc3)nc2c(=O)[nH]1. The molecule has 12 nitrogen and oxygen atoms in total.